The molecule has 0 N–H and O–H groups in total. The molecule has 2 aromatic carbocycles. The fraction of sp³-hybridized carbons (Fsp3) is 0.286. The first-order valence-corrected chi connectivity index (χ1v) is 12.9. The minimum Gasteiger partial charge on any atom is -0.497 e. The van der Waals surface area contributed by atoms with E-state index in [0.717, 1.165) is 0 Å². The molecule has 0 saturated heterocycles. The van der Waals surface area contributed by atoms with E-state index in [-0.39, 0.29) is 6.10 Å². The van der Waals surface area contributed by atoms with Gasteiger partial charge in [-0.25, -0.2) is 0 Å². The predicted molar refractivity (Wildman–Crippen MR) is 134 cm³/mol. The molecule has 1 nitrogen and oxygen atoms in total. The van der Waals surface area contributed by atoms with Crippen LogP contribution in [0.5, 0.6) is 0 Å². The third-order valence-corrected chi connectivity index (χ3v) is 10.4. The topological polar surface area (TPSA) is 9.23 Å². The smallest absolute Gasteiger partial charge is 0.111 e. The second-order valence-corrected chi connectivity index (χ2v) is 11.5. The molecule has 3 heterocycles. The summed E-state index contributed by atoms with van der Waals surface area (Å²) in [6.07, 6.45) is 13.8. The Kier molecular flexibility index (Phi) is 3.86. The lowest BCUT2D eigenvalue weighted by molar-refractivity contribution is 0.0827. The van der Waals surface area contributed by atoms with Gasteiger partial charge in [-0.1, -0.05) is 62.4 Å². The summed E-state index contributed by atoms with van der Waals surface area (Å²) in [6, 6.07) is 13.5. The number of ether oxygens (including phenoxy) is 1. The molecule has 0 bridgehead atoms. The minimum absolute atomic E-state index is 0.256. The fourth-order valence-electron chi connectivity index (χ4n) is 6.15. The highest BCUT2D eigenvalue weighted by atomic mass is 32.1. The fourth-order valence-corrected chi connectivity index (χ4v) is 9.36. The Labute approximate surface area is 190 Å². The van der Waals surface area contributed by atoms with Crippen molar-refractivity contribution in [2.24, 2.45) is 17.8 Å². The largest absolute Gasteiger partial charge is 0.497 e. The summed E-state index contributed by atoms with van der Waals surface area (Å²) >= 11 is 4.05. The van der Waals surface area contributed by atoms with E-state index < -0.39 is 0 Å². The summed E-state index contributed by atoms with van der Waals surface area (Å²) in [4.78, 5) is 1.61. The standard InChI is InChI=1S/C28H24OS2/c1-15-7-3-6-10-19(15)24-20-11-12-29-25(20)16(2)23-27(24)31-26-21-13-17-8-4-5-9-18(17)14-22(21)30-28(23)26/h3-16,19-20,24-25H,1-2H3/t15?,16-,19?,20?,24+,25?/m0/s1. The molecule has 4 unspecified atom stereocenters. The molecule has 154 valence electrons. The van der Waals surface area contributed by atoms with Crippen LogP contribution in [0.15, 0.2) is 73.0 Å². The molecule has 2 aromatic heterocycles. The quantitative estimate of drug-likeness (QED) is 0.289. The van der Waals surface area contributed by atoms with Crippen LogP contribution >= 0.6 is 22.7 Å². The van der Waals surface area contributed by atoms with Gasteiger partial charge in [0.1, 0.15) is 6.10 Å². The van der Waals surface area contributed by atoms with Crippen molar-refractivity contribution in [1.82, 2.24) is 0 Å². The van der Waals surface area contributed by atoms with Crippen LogP contribution in [0, 0.1) is 17.8 Å². The van der Waals surface area contributed by atoms with Gasteiger partial charge in [0.15, 0.2) is 0 Å². The van der Waals surface area contributed by atoms with E-state index in [1.807, 2.05) is 17.6 Å². The molecule has 0 fully saturated rings. The molecule has 0 saturated carbocycles. The van der Waals surface area contributed by atoms with E-state index in [1.54, 1.807) is 10.4 Å². The van der Waals surface area contributed by atoms with Gasteiger partial charge in [-0.05, 0) is 46.4 Å². The zero-order valence-electron chi connectivity index (χ0n) is 17.6. The van der Waals surface area contributed by atoms with Crippen molar-refractivity contribution >= 4 is 52.9 Å². The molecule has 2 aliphatic carbocycles. The van der Waals surface area contributed by atoms with Crippen LogP contribution in [0.3, 0.4) is 0 Å². The van der Waals surface area contributed by atoms with E-state index in [9.17, 15) is 0 Å². The molecule has 31 heavy (non-hydrogen) atoms. The van der Waals surface area contributed by atoms with Crippen molar-refractivity contribution in [2.45, 2.75) is 31.8 Å². The third kappa shape index (κ3) is 2.48. The van der Waals surface area contributed by atoms with Gasteiger partial charge in [0.2, 0.25) is 0 Å². The maximum atomic E-state index is 6.22. The van der Waals surface area contributed by atoms with Crippen molar-refractivity contribution < 1.29 is 4.74 Å². The Bertz CT molecular complexity index is 1430. The second-order valence-electron chi connectivity index (χ2n) is 9.36. The highest BCUT2D eigenvalue weighted by Crippen LogP contribution is 2.58. The first-order valence-electron chi connectivity index (χ1n) is 11.3. The van der Waals surface area contributed by atoms with Crippen LogP contribution in [0.4, 0.5) is 0 Å². The van der Waals surface area contributed by atoms with Crippen LogP contribution in [0.25, 0.3) is 30.3 Å². The van der Waals surface area contributed by atoms with E-state index in [0.29, 0.717) is 29.6 Å². The Hall–Kier alpha value is -2.36. The highest BCUT2D eigenvalue weighted by Gasteiger charge is 2.48. The Morgan fingerprint density at radius 1 is 0.839 bits per heavy atom. The lowest BCUT2D eigenvalue weighted by Gasteiger charge is -2.41. The number of allylic oxidation sites excluding steroid dienone is 4. The first-order chi connectivity index (χ1) is 15.2. The molecule has 6 atom stereocenters. The van der Waals surface area contributed by atoms with Gasteiger partial charge in [0.05, 0.1) is 15.7 Å². The average Bonchev–Trinajstić information content (AvgIpc) is 3.48. The zero-order chi connectivity index (χ0) is 20.7. The third-order valence-electron chi connectivity index (χ3n) is 7.70. The van der Waals surface area contributed by atoms with Crippen LogP contribution < -0.4 is 0 Å². The van der Waals surface area contributed by atoms with Crippen molar-refractivity contribution in [3.63, 3.8) is 0 Å². The van der Waals surface area contributed by atoms with E-state index in [4.69, 9.17) is 4.74 Å². The SMILES string of the molecule is CC1C=CC=CC1[C@H]1c2sc3c(sc4cc5ccccc5cc43)c2[C@H](C)C2OC=CC21. The lowest BCUT2D eigenvalue weighted by Crippen LogP contribution is -2.37. The van der Waals surface area contributed by atoms with Crippen LogP contribution in [-0.4, -0.2) is 6.10 Å². The predicted octanol–water partition coefficient (Wildman–Crippen LogP) is 8.38. The summed E-state index contributed by atoms with van der Waals surface area (Å²) in [5, 5.41) is 4.10. The normalized spacial score (nSPS) is 31.4. The molecule has 0 spiro atoms. The molecular formula is C28H24OS2. The van der Waals surface area contributed by atoms with Crippen molar-refractivity contribution in [2.75, 3.05) is 0 Å². The van der Waals surface area contributed by atoms with Gasteiger partial charge in [0.25, 0.3) is 0 Å². The Morgan fingerprint density at radius 2 is 1.65 bits per heavy atom. The van der Waals surface area contributed by atoms with Crippen molar-refractivity contribution in [1.29, 1.82) is 0 Å². The monoisotopic (exact) mass is 440 g/mol. The van der Waals surface area contributed by atoms with Gasteiger partial charge in [-0.3, -0.25) is 0 Å². The zero-order valence-corrected chi connectivity index (χ0v) is 19.3. The number of benzene rings is 2. The minimum atomic E-state index is 0.256. The Balaban J connectivity index is 1.50. The molecule has 3 aliphatic rings. The number of fused-ring (bicyclic) bond motifs is 7. The average molecular weight is 441 g/mol. The van der Waals surface area contributed by atoms with E-state index >= 15 is 0 Å². The van der Waals surface area contributed by atoms with Crippen LogP contribution in [0.2, 0.25) is 0 Å². The van der Waals surface area contributed by atoms with Crippen LogP contribution in [0.1, 0.15) is 36.1 Å². The highest BCUT2D eigenvalue weighted by molar-refractivity contribution is 7.33. The molecule has 1 aliphatic heterocycles. The summed E-state index contributed by atoms with van der Waals surface area (Å²) in [6.45, 7) is 4.75. The first kappa shape index (κ1) is 18.2. The summed E-state index contributed by atoms with van der Waals surface area (Å²) in [5.74, 6) is 2.44. The van der Waals surface area contributed by atoms with Gasteiger partial charge in [0, 0.05) is 32.7 Å². The van der Waals surface area contributed by atoms with Gasteiger partial charge in [-0.2, -0.15) is 0 Å². The summed E-state index contributed by atoms with van der Waals surface area (Å²) in [7, 11) is 0. The van der Waals surface area contributed by atoms with Crippen molar-refractivity contribution in [3.8, 4) is 0 Å². The number of rotatable bonds is 1. The summed E-state index contributed by atoms with van der Waals surface area (Å²) in [5.41, 5.74) is 1.57. The number of hydrogen-bond acceptors (Lipinski definition) is 3. The molecular weight excluding hydrogens is 416 g/mol. The van der Waals surface area contributed by atoms with E-state index in [1.165, 1.54) is 30.3 Å². The molecule has 7 rings (SSSR count). The van der Waals surface area contributed by atoms with E-state index in [2.05, 4.69) is 92.0 Å². The molecule has 4 aromatic rings. The Morgan fingerprint density at radius 3 is 2.48 bits per heavy atom. The lowest BCUT2D eigenvalue weighted by atomic mass is 9.65. The van der Waals surface area contributed by atoms with Gasteiger partial charge in [-0.15, -0.1) is 22.7 Å². The number of thiophene rings is 2. The second kappa shape index (κ2) is 6.57. The maximum Gasteiger partial charge on any atom is 0.111 e. The van der Waals surface area contributed by atoms with Crippen LogP contribution in [-0.2, 0) is 4.74 Å². The maximum absolute atomic E-state index is 6.22. The van der Waals surface area contributed by atoms with Gasteiger partial charge >= 0.3 is 0 Å². The van der Waals surface area contributed by atoms with Gasteiger partial charge < -0.3 is 4.74 Å². The molecule has 0 radical (unpaired) electrons. The van der Waals surface area contributed by atoms with Crippen molar-refractivity contribution in [3.05, 3.63) is 83.5 Å². The molecule has 0 amide bonds. The molecule has 3 heteroatoms. The summed E-state index contributed by atoms with van der Waals surface area (Å²) < 4.78 is 10.6. The number of hydrogen-bond donors (Lipinski definition) is 0.